The summed E-state index contributed by atoms with van der Waals surface area (Å²) in [6, 6.07) is 18.3. The van der Waals surface area contributed by atoms with Crippen LogP contribution >= 0.6 is 0 Å². The van der Waals surface area contributed by atoms with Crippen LogP contribution in [-0.2, 0) is 19.5 Å². The predicted octanol–water partition coefficient (Wildman–Crippen LogP) is 4.56. The molecule has 0 saturated carbocycles. The Hall–Kier alpha value is -3.67. The molecule has 0 radical (unpaired) electrons. The van der Waals surface area contributed by atoms with Crippen LogP contribution in [0, 0.1) is 0 Å². The molecule has 6 nitrogen and oxygen atoms in total. The van der Waals surface area contributed by atoms with Crippen LogP contribution in [0.1, 0.15) is 41.2 Å². The fourth-order valence-electron chi connectivity index (χ4n) is 4.15. The van der Waals surface area contributed by atoms with Gasteiger partial charge in [-0.15, -0.1) is 0 Å². The number of carbonyl (C=O) groups is 1. The number of aromatic nitrogens is 2. The summed E-state index contributed by atoms with van der Waals surface area (Å²) in [5.74, 6) is 1.34. The van der Waals surface area contributed by atoms with Gasteiger partial charge < -0.3 is 9.32 Å². The summed E-state index contributed by atoms with van der Waals surface area (Å²) in [7, 11) is 0. The Balaban J connectivity index is 1.56. The lowest BCUT2D eigenvalue weighted by atomic mass is 10.1. The van der Waals surface area contributed by atoms with Gasteiger partial charge in [0.1, 0.15) is 11.6 Å². The Kier molecular flexibility index (Phi) is 5.12. The van der Waals surface area contributed by atoms with E-state index in [4.69, 9.17) is 9.40 Å². The van der Waals surface area contributed by atoms with E-state index in [1.54, 1.807) is 33.9 Å². The highest BCUT2D eigenvalue weighted by Gasteiger charge is 2.21. The molecule has 31 heavy (non-hydrogen) atoms. The van der Waals surface area contributed by atoms with Crippen molar-refractivity contribution in [1.29, 1.82) is 0 Å². The van der Waals surface area contributed by atoms with E-state index in [1.807, 2.05) is 42.5 Å². The van der Waals surface area contributed by atoms with Gasteiger partial charge in [-0.2, -0.15) is 0 Å². The third-order valence-electron chi connectivity index (χ3n) is 5.77. The molecule has 0 N–H and O–H groups in total. The summed E-state index contributed by atoms with van der Waals surface area (Å²) in [6.45, 7) is 1.02. The average molecular weight is 413 g/mol. The zero-order valence-electron chi connectivity index (χ0n) is 17.2. The fourth-order valence-corrected chi connectivity index (χ4v) is 4.15. The molecule has 6 heteroatoms. The molecule has 0 spiro atoms. The van der Waals surface area contributed by atoms with Crippen molar-refractivity contribution in [2.24, 2.45) is 0 Å². The summed E-state index contributed by atoms with van der Waals surface area (Å²) in [5, 5.41) is 0.555. The molecule has 0 bridgehead atoms. The van der Waals surface area contributed by atoms with Crippen LogP contribution < -0.4 is 10.5 Å². The first kappa shape index (κ1) is 19.3. The molecule has 2 aromatic carbocycles. The second-order valence-corrected chi connectivity index (χ2v) is 7.83. The highest BCUT2D eigenvalue weighted by molar-refractivity contribution is 6.07. The molecule has 156 valence electrons. The van der Waals surface area contributed by atoms with E-state index in [1.165, 1.54) is 0 Å². The maximum Gasteiger partial charge on any atom is 0.261 e. The Morgan fingerprint density at radius 3 is 2.71 bits per heavy atom. The van der Waals surface area contributed by atoms with Crippen molar-refractivity contribution in [2.45, 2.75) is 38.8 Å². The number of para-hydroxylation sites is 1. The summed E-state index contributed by atoms with van der Waals surface area (Å²) < 4.78 is 7.28. The van der Waals surface area contributed by atoms with Gasteiger partial charge in [-0.05, 0) is 55.3 Å². The third-order valence-corrected chi connectivity index (χ3v) is 5.77. The van der Waals surface area contributed by atoms with E-state index >= 15 is 0 Å². The minimum atomic E-state index is -0.165. The van der Waals surface area contributed by atoms with E-state index < -0.39 is 0 Å². The van der Waals surface area contributed by atoms with E-state index in [0.717, 1.165) is 37.2 Å². The Labute approximate surface area is 179 Å². The molecule has 0 aliphatic carbocycles. The Bertz CT molecular complexity index is 1280. The molecule has 1 amide bonds. The van der Waals surface area contributed by atoms with Gasteiger partial charge >= 0.3 is 0 Å². The standard InChI is InChI=1S/C25H23N3O3/c29-24(28(17-20-10-7-15-31-20)19-8-3-1-4-9-19)18-12-13-21-22(16-18)26-23-11-5-2-6-14-27(23)25(21)30/h1,3-4,7-10,12-13,15-16H,2,5-6,11,14,17H2. The largest absolute Gasteiger partial charge is 0.467 e. The maximum absolute atomic E-state index is 13.5. The number of amides is 1. The van der Waals surface area contributed by atoms with Crippen molar-refractivity contribution < 1.29 is 9.21 Å². The van der Waals surface area contributed by atoms with Crippen LogP contribution in [-0.4, -0.2) is 15.5 Å². The lowest BCUT2D eigenvalue weighted by Gasteiger charge is -2.22. The zero-order chi connectivity index (χ0) is 21.2. The fraction of sp³-hybridized carbons (Fsp3) is 0.240. The first-order chi connectivity index (χ1) is 15.2. The first-order valence-electron chi connectivity index (χ1n) is 10.6. The van der Waals surface area contributed by atoms with Crippen molar-refractivity contribution in [2.75, 3.05) is 4.90 Å². The average Bonchev–Trinajstić information content (AvgIpc) is 3.21. The molecule has 0 atom stereocenters. The summed E-state index contributed by atoms with van der Waals surface area (Å²) in [6.07, 6.45) is 5.51. The van der Waals surface area contributed by atoms with Crippen molar-refractivity contribution in [1.82, 2.24) is 9.55 Å². The summed E-state index contributed by atoms with van der Waals surface area (Å²) in [4.78, 5) is 32.9. The number of rotatable bonds is 4. The van der Waals surface area contributed by atoms with Crippen LogP contribution in [0.2, 0.25) is 0 Å². The van der Waals surface area contributed by atoms with Crippen molar-refractivity contribution in [3.63, 3.8) is 0 Å². The van der Waals surface area contributed by atoms with Crippen molar-refractivity contribution >= 4 is 22.5 Å². The van der Waals surface area contributed by atoms with Crippen molar-refractivity contribution in [3.05, 3.63) is 94.4 Å². The maximum atomic E-state index is 13.5. The van der Waals surface area contributed by atoms with Crippen LogP contribution in [0.15, 0.2) is 76.1 Å². The molecule has 1 aliphatic heterocycles. The number of furan rings is 1. The molecule has 0 saturated heterocycles. The van der Waals surface area contributed by atoms with Gasteiger partial charge in [-0.25, -0.2) is 4.98 Å². The summed E-state index contributed by atoms with van der Waals surface area (Å²) in [5.41, 5.74) is 1.83. The molecule has 4 aromatic rings. The molecular formula is C25H23N3O3. The number of carbonyl (C=O) groups excluding carboxylic acids is 1. The second-order valence-electron chi connectivity index (χ2n) is 7.83. The Morgan fingerprint density at radius 1 is 1.03 bits per heavy atom. The van der Waals surface area contributed by atoms with Crippen LogP contribution in [0.3, 0.4) is 0 Å². The molecule has 0 fully saturated rings. The highest BCUT2D eigenvalue weighted by atomic mass is 16.3. The second kappa shape index (κ2) is 8.22. The summed E-state index contributed by atoms with van der Waals surface area (Å²) >= 11 is 0. The number of fused-ring (bicyclic) bond motifs is 2. The molecule has 0 unspecified atom stereocenters. The lowest BCUT2D eigenvalue weighted by Crippen LogP contribution is -2.30. The van der Waals surface area contributed by atoms with Gasteiger partial charge in [0.2, 0.25) is 0 Å². The number of nitrogens with zero attached hydrogens (tertiary/aromatic N) is 3. The van der Waals surface area contributed by atoms with E-state index in [2.05, 4.69) is 0 Å². The number of benzene rings is 2. The van der Waals surface area contributed by atoms with Gasteiger partial charge in [-0.3, -0.25) is 14.2 Å². The zero-order valence-corrected chi connectivity index (χ0v) is 17.2. The van der Waals surface area contributed by atoms with Crippen LogP contribution in [0.5, 0.6) is 0 Å². The van der Waals surface area contributed by atoms with E-state index in [0.29, 0.717) is 35.3 Å². The van der Waals surface area contributed by atoms with Crippen LogP contribution in [0.4, 0.5) is 5.69 Å². The quantitative estimate of drug-likeness (QED) is 0.492. The van der Waals surface area contributed by atoms with E-state index in [9.17, 15) is 9.59 Å². The normalized spacial score (nSPS) is 13.5. The molecule has 2 aromatic heterocycles. The van der Waals surface area contributed by atoms with Gasteiger partial charge in [0.15, 0.2) is 0 Å². The minimum Gasteiger partial charge on any atom is -0.467 e. The highest BCUT2D eigenvalue weighted by Crippen LogP contribution is 2.22. The van der Waals surface area contributed by atoms with Gasteiger partial charge in [-0.1, -0.05) is 24.6 Å². The number of anilines is 1. The van der Waals surface area contributed by atoms with Crippen molar-refractivity contribution in [3.8, 4) is 0 Å². The third kappa shape index (κ3) is 3.77. The topological polar surface area (TPSA) is 68.3 Å². The number of hydrogen-bond acceptors (Lipinski definition) is 4. The molecule has 3 heterocycles. The monoisotopic (exact) mass is 413 g/mol. The number of aryl methyl sites for hydroxylation is 1. The lowest BCUT2D eigenvalue weighted by molar-refractivity contribution is 0.0983. The smallest absolute Gasteiger partial charge is 0.261 e. The van der Waals surface area contributed by atoms with E-state index in [-0.39, 0.29) is 11.5 Å². The molecule has 5 rings (SSSR count). The van der Waals surface area contributed by atoms with Gasteiger partial charge in [0.05, 0.1) is 23.7 Å². The van der Waals surface area contributed by atoms with Crippen LogP contribution in [0.25, 0.3) is 10.9 Å². The number of hydrogen-bond donors (Lipinski definition) is 0. The van der Waals surface area contributed by atoms with Gasteiger partial charge in [0, 0.05) is 24.2 Å². The Morgan fingerprint density at radius 2 is 1.90 bits per heavy atom. The molecule has 1 aliphatic rings. The predicted molar refractivity (Wildman–Crippen MR) is 119 cm³/mol. The first-order valence-corrected chi connectivity index (χ1v) is 10.6. The van der Waals surface area contributed by atoms with Gasteiger partial charge in [0.25, 0.3) is 11.5 Å². The SMILES string of the molecule is O=C(c1ccc2c(=O)n3c(nc2c1)CCCCC3)N(Cc1ccco1)c1ccccc1. The molecular weight excluding hydrogens is 390 g/mol. The minimum absolute atomic E-state index is 0.0172.